The average molecular weight is 344 g/mol. The van der Waals surface area contributed by atoms with E-state index in [1.807, 2.05) is 0 Å². The van der Waals surface area contributed by atoms with E-state index in [9.17, 15) is 14.4 Å². The van der Waals surface area contributed by atoms with Crippen LogP contribution in [0.1, 0.15) is 23.2 Å². The van der Waals surface area contributed by atoms with Crippen molar-refractivity contribution in [2.75, 3.05) is 7.11 Å². The zero-order valence-corrected chi connectivity index (χ0v) is 13.2. The first-order valence-corrected chi connectivity index (χ1v) is 6.94. The molecule has 118 valence electrons. The number of ether oxygens (including phenoxy) is 1. The molecule has 0 fully saturated rings. The summed E-state index contributed by atoms with van der Waals surface area (Å²) in [5, 5.41) is 2.49. The Morgan fingerprint density at radius 2 is 1.86 bits per heavy atom. The van der Waals surface area contributed by atoms with Crippen LogP contribution in [-0.2, 0) is 14.3 Å². The molecule has 0 atom stereocenters. The fraction of sp³-hybridized carbons (Fsp3) is 0.231. The van der Waals surface area contributed by atoms with Gasteiger partial charge in [0, 0.05) is 6.42 Å². The highest BCUT2D eigenvalue weighted by atomic mass is 35.5. The van der Waals surface area contributed by atoms with Gasteiger partial charge in [-0.3, -0.25) is 25.2 Å². The van der Waals surface area contributed by atoms with E-state index in [-0.39, 0.29) is 28.5 Å². The topological polar surface area (TPSA) is 96.5 Å². The third-order valence-corrected chi connectivity index (χ3v) is 2.98. The predicted molar refractivity (Wildman–Crippen MR) is 84.0 cm³/mol. The van der Waals surface area contributed by atoms with Gasteiger partial charge in [-0.25, -0.2) is 0 Å². The van der Waals surface area contributed by atoms with Gasteiger partial charge in [-0.1, -0.05) is 23.7 Å². The number of methoxy groups -OCH3 is 1. The van der Waals surface area contributed by atoms with Crippen molar-refractivity contribution in [2.24, 2.45) is 0 Å². The molecule has 0 unspecified atom stereocenters. The van der Waals surface area contributed by atoms with Crippen LogP contribution in [0.3, 0.4) is 0 Å². The second-order valence-corrected chi connectivity index (χ2v) is 4.83. The Balaban J connectivity index is 2.37. The first-order valence-electron chi connectivity index (χ1n) is 6.15. The van der Waals surface area contributed by atoms with Crippen LogP contribution in [0.4, 0.5) is 0 Å². The molecule has 0 aliphatic carbocycles. The molecular weight excluding hydrogens is 330 g/mol. The summed E-state index contributed by atoms with van der Waals surface area (Å²) in [4.78, 5) is 34.2. The highest BCUT2D eigenvalue weighted by Crippen LogP contribution is 2.13. The van der Waals surface area contributed by atoms with Gasteiger partial charge in [-0.05, 0) is 24.4 Å². The smallest absolute Gasteiger partial charge is 0.306 e. The quantitative estimate of drug-likeness (QED) is 0.427. The molecule has 7 nitrogen and oxygen atoms in total. The molecular formula is C13H14ClN3O4S. The van der Waals surface area contributed by atoms with Crippen LogP contribution in [0.25, 0.3) is 0 Å². The van der Waals surface area contributed by atoms with Gasteiger partial charge in [0.05, 0.1) is 24.1 Å². The minimum atomic E-state index is -0.503. The van der Waals surface area contributed by atoms with Gasteiger partial charge in [0.15, 0.2) is 5.11 Å². The lowest BCUT2D eigenvalue weighted by Gasteiger charge is -2.11. The van der Waals surface area contributed by atoms with Gasteiger partial charge >= 0.3 is 5.97 Å². The lowest BCUT2D eigenvalue weighted by atomic mass is 10.2. The van der Waals surface area contributed by atoms with E-state index in [1.165, 1.54) is 13.2 Å². The third-order valence-electron chi connectivity index (χ3n) is 2.44. The number of rotatable bonds is 4. The van der Waals surface area contributed by atoms with Gasteiger partial charge in [0.2, 0.25) is 5.91 Å². The molecule has 1 rings (SSSR count). The SMILES string of the molecule is COC(=O)CCC(=O)NC(=S)NNC(=O)c1ccccc1Cl. The number of esters is 1. The second kappa shape index (κ2) is 8.96. The number of benzene rings is 1. The fourth-order valence-corrected chi connectivity index (χ4v) is 1.75. The molecule has 22 heavy (non-hydrogen) atoms. The summed E-state index contributed by atoms with van der Waals surface area (Å²) in [5.74, 6) is -1.48. The minimum absolute atomic E-state index is 0.0586. The molecule has 0 saturated carbocycles. The molecule has 0 radical (unpaired) electrons. The highest BCUT2D eigenvalue weighted by Gasteiger charge is 2.11. The molecule has 1 aromatic rings. The van der Waals surface area contributed by atoms with E-state index in [0.29, 0.717) is 0 Å². The van der Waals surface area contributed by atoms with E-state index in [1.54, 1.807) is 18.2 Å². The summed E-state index contributed by atoms with van der Waals surface area (Å²) in [6, 6.07) is 6.47. The molecule has 9 heteroatoms. The Hall–Kier alpha value is -2.19. The molecule has 0 saturated heterocycles. The van der Waals surface area contributed by atoms with Crippen molar-refractivity contribution in [3.63, 3.8) is 0 Å². The maximum atomic E-state index is 11.8. The van der Waals surface area contributed by atoms with Crippen molar-refractivity contribution in [2.45, 2.75) is 12.8 Å². The Labute approximate surface area is 137 Å². The summed E-state index contributed by atoms with van der Waals surface area (Å²) >= 11 is 10.7. The third kappa shape index (κ3) is 6.06. The Morgan fingerprint density at radius 3 is 2.50 bits per heavy atom. The number of thiocarbonyl (C=S) groups is 1. The van der Waals surface area contributed by atoms with Crippen molar-refractivity contribution in [3.8, 4) is 0 Å². The Morgan fingerprint density at radius 1 is 1.18 bits per heavy atom. The van der Waals surface area contributed by atoms with Crippen LogP contribution >= 0.6 is 23.8 Å². The van der Waals surface area contributed by atoms with Crippen molar-refractivity contribution in [3.05, 3.63) is 34.9 Å². The summed E-state index contributed by atoms with van der Waals surface area (Å²) in [7, 11) is 1.23. The maximum absolute atomic E-state index is 11.8. The molecule has 0 aromatic heterocycles. The number of amides is 2. The van der Waals surface area contributed by atoms with Gasteiger partial charge in [0.25, 0.3) is 5.91 Å². The van der Waals surface area contributed by atoms with E-state index >= 15 is 0 Å². The largest absolute Gasteiger partial charge is 0.469 e. The summed E-state index contributed by atoms with van der Waals surface area (Å²) in [6.07, 6.45) is -0.135. The number of hydrogen-bond donors (Lipinski definition) is 3. The molecule has 0 bridgehead atoms. The normalized spacial score (nSPS) is 9.55. The Kier molecular flexibility index (Phi) is 7.27. The first-order chi connectivity index (χ1) is 10.4. The summed E-state index contributed by atoms with van der Waals surface area (Å²) in [5.41, 5.74) is 4.93. The van der Waals surface area contributed by atoms with Crippen LogP contribution in [0.2, 0.25) is 5.02 Å². The number of hydrazine groups is 1. The van der Waals surface area contributed by atoms with Gasteiger partial charge in [-0.2, -0.15) is 0 Å². The molecule has 0 aliphatic rings. The average Bonchev–Trinajstić information content (AvgIpc) is 2.50. The monoisotopic (exact) mass is 343 g/mol. The van der Waals surface area contributed by atoms with E-state index in [4.69, 9.17) is 23.8 Å². The molecule has 0 spiro atoms. The number of hydrogen-bond acceptors (Lipinski definition) is 5. The van der Waals surface area contributed by atoms with E-state index < -0.39 is 17.8 Å². The summed E-state index contributed by atoms with van der Waals surface area (Å²) < 4.78 is 4.41. The van der Waals surface area contributed by atoms with Crippen LogP contribution in [-0.4, -0.2) is 30.0 Å². The number of carbonyl (C=O) groups is 3. The molecule has 1 aromatic carbocycles. The second-order valence-electron chi connectivity index (χ2n) is 4.01. The lowest BCUT2D eigenvalue weighted by molar-refractivity contribution is -0.142. The molecule has 2 amide bonds. The highest BCUT2D eigenvalue weighted by molar-refractivity contribution is 7.80. The number of carbonyl (C=O) groups excluding carboxylic acids is 3. The zero-order valence-electron chi connectivity index (χ0n) is 11.6. The number of halogens is 1. The molecule has 0 aliphatic heterocycles. The first kappa shape index (κ1) is 17.9. The number of nitrogens with one attached hydrogen (secondary N) is 3. The lowest BCUT2D eigenvalue weighted by Crippen LogP contribution is -2.48. The van der Waals surface area contributed by atoms with E-state index in [0.717, 1.165) is 0 Å². The Bertz CT molecular complexity index is 594. The summed E-state index contributed by atoms with van der Waals surface area (Å²) in [6.45, 7) is 0. The van der Waals surface area contributed by atoms with Gasteiger partial charge < -0.3 is 10.1 Å². The van der Waals surface area contributed by atoms with Crippen molar-refractivity contribution < 1.29 is 19.1 Å². The fourth-order valence-electron chi connectivity index (χ4n) is 1.36. The molecule has 0 heterocycles. The van der Waals surface area contributed by atoms with Gasteiger partial charge in [-0.15, -0.1) is 0 Å². The standard InChI is InChI=1S/C13H14ClN3O4S/c1-21-11(19)7-6-10(18)15-13(22)17-16-12(20)8-4-2-3-5-9(8)14/h2-5H,6-7H2,1H3,(H,16,20)(H2,15,17,18,22). The van der Waals surface area contributed by atoms with Crippen molar-refractivity contribution in [1.82, 2.24) is 16.2 Å². The van der Waals surface area contributed by atoms with Crippen molar-refractivity contribution >= 4 is 46.7 Å². The van der Waals surface area contributed by atoms with Crippen molar-refractivity contribution in [1.29, 1.82) is 0 Å². The molecule has 3 N–H and O–H groups in total. The predicted octanol–water partition coefficient (Wildman–Crippen LogP) is 0.929. The van der Waals surface area contributed by atoms with Crippen LogP contribution < -0.4 is 16.2 Å². The van der Waals surface area contributed by atoms with Crippen LogP contribution in [0.15, 0.2) is 24.3 Å². The van der Waals surface area contributed by atoms with Gasteiger partial charge in [0.1, 0.15) is 0 Å². The zero-order chi connectivity index (χ0) is 16.5. The van der Waals surface area contributed by atoms with E-state index in [2.05, 4.69) is 20.9 Å². The maximum Gasteiger partial charge on any atom is 0.306 e. The van der Waals surface area contributed by atoms with Crippen LogP contribution in [0.5, 0.6) is 0 Å². The van der Waals surface area contributed by atoms with Crippen LogP contribution in [0, 0.1) is 0 Å². The minimum Gasteiger partial charge on any atom is -0.469 e.